The summed E-state index contributed by atoms with van der Waals surface area (Å²) in [6.45, 7) is 2.63. The van der Waals surface area contributed by atoms with Crippen LogP contribution in [0.2, 0.25) is 5.02 Å². The summed E-state index contributed by atoms with van der Waals surface area (Å²) in [6.07, 6.45) is 4.68. The van der Waals surface area contributed by atoms with Gasteiger partial charge in [0.05, 0.1) is 11.9 Å². The SMILES string of the molecule is Cc1c(Cl)cccc1-n1cc(CCN)cn1. The highest BCUT2D eigenvalue weighted by atomic mass is 35.5. The molecular weight excluding hydrogens is 222 g/mol. The maximum atomic E-state index is 6.07. The molecule has 84 valence electrons. The van der Waals surface area contributed by atoms with Crippen molar-refractivity contribution in [3.8, 4) is 5.69 Å². The van der Waals surface area contributed by atoms with Crippen LogP contribution in [0.4, 0.5) is 0 Å². The van der Waals surface area contributed by atoms with Crippen LogP contribution in [0.3, 0.4) is 0 Å². The zero-order valence-corrected chi connectivity index (χ0v) is 9.91. The largest absolute Gasteiger partial charge is 0.330 e. The van der Waals surface area contributed by atoms with Gasteiger partial charge in [0.1, 0.15) is 0 Å². The van der Waals surface area contributed by atoms with Crippen LogP contribution in [0.15, 0.2) is 30.6 Å². The summed E-state index contributed by atoms with van der Waals surface area (Å²) in [5, 5.41) is 5.07. The summed E-state index contributed by atoms with van der Waals surface area (Å²) >= 11 is 6.07. The molecule has 0 fully saturated rings. The Hall–Kier alpha value is -1.32. The fourth-order valence-electron chi connectivity index (χ4n) is 1.63. The molecular formula is C12H14ClN3. The van der Waals surface area contributed by atoms with Crippen molar-refractivity contribution < 1.29 is 0 Å². The first-order chi connectivity index (χ1) is 7.72. The summed E-state index contributed by atoms with van der Waals surface area (Å²) in [4.78, 5) is 0. The summed E-state index contributed by atoms with van der Waals surface area (Å²) in [5.74, 6) is 0. The van der Waals surface area contributed by atoms with Crippen molar-refractivity contribution >= 4 is 11.6 Å². The monoisotopic (exact) mass is 235 g/mol. The van der Waals surface area contributed by atoms with Gasteiger partial charge in [-0.15, -0.1) is 0 Å². The number of nitrogens with two attached hydrogens (primary N) is 1. The second-order valence-electron chi connectivity index (χ2n) is 3.72. The number of rotatable bonds is 3. The Balaban J connectivity index is 2.39. The van der Waals surface area contributed by atoms with Crippen molar-refractivity contribution in [2.24, 2.45) is 5.73 Å². The first-order valence-electron chi connectivity index (χ1n) is 5.21. The second kappa shape index (κ2) is 4.68. The molecule has 1 heterocycles. The highest BCUT2D eigenvalue weighted by Gasteiger charge is 2.05. The van der Waals surface area contributed by atoms with Gasteiger partial charge in [0.2, 0.25) is 0 Å². The maximum absolute atomic E-state index is 6.07. The van der Waals surface area contributed by atoms with Gasteiger partial charge < -0.3 is 5.73 Å². The van der Waals surface area contributed by atoms with Crippen molar-refractivity contribution in [2.45, 2.75) is 13.3 Å². The quantitative estimate of drug-likeness (QED) is 0.888. The number of aromatic nitrogens is 2. The third kappa shape index (κ3) is 2.10. The molecule has 0 spiro atoms. The Labute approximate surface area is 99.8 Å². The summed E-state index contributed by atoms with van der Waals surface area (Å²) in [7, 11) is 0. The minimum atomic E-state index is 0.639. The average molecular weight is 236 g/mol. The molecule has 4 heteroatoms. The first-order valence-corrected chi connectivity index (χ1v) is 5.59. The number of nitrogens with zero attached hydrogens (tertiary/aromatic N) is 2. The third-order valence-electron chi connectivity index (χ3n) is 2.56. The average Bonchev–Trinajstić information content (AvgIpc) is 2.71. The molecule has 2 N–H and O–H groups in total. The normalized spacial score (nSPS) is 10.7. The Morgan fingerprint density at radius 2 is 2.25 bits per heavy atom. The van der Waals surface area contributed by atoms with Crippen LogP contribution in [-0.4, -0.2) is 16.3 Å². The molecule has 0 saturated carbocycles. The lowest BCUT2D eigenvalue weighted by Crippen LogP contribution is -2.02. The van der Waals surface area contributed by atoms with E-state index in [4.69, 9.17) is 17.3 Å². The van der Waals surface area contributed by atoms with E-state index in [0.717, 1.165) is 28.3 Å². The van der Waals surface area contributed by atoms with Gasteiger partial charge in [-0.05, 0) is 43.1 Å². The van der Waals surface area contributed by atoms with Gasteiger partial charge in [0.15, 0.2) is 0 Å². The topological polar surface area (TPSA) is 43.8 Å². The zero-order chi connectivity index (χ0) is 11.5. The highest BCUT2D eigenvalue weighted by molar-refractivity contribution is 6.31. The fraction of sp³-hybridized carbons (Fsp3) is 0.250. The molecule has 2 rings (SSSR count). The molecule has 0 aliphatic heterocycles. The van der Waals surface area contributed by atoms with E-state index in [2.05, 4.69) is 5.10 Å². The molecule has 0 aliphatic rings. The van der Waals surface area contributed by atoms with Gasteiger partial charge in [0.25, 0.3) is 0 Å². The van der Waals surface area contributed by atoms with E-state index in [1.165, 1.54) is 0 Å². The molecule has 0 aliphatic carbocycles. The van der Waals surface area contributed by atoms with Crippen molar-refractivity contribution in [1.82, 2.24) is 9.78 Å². The smallest absolute Gasteiger partial charge is 0.0689 e. The van der Waals surface area contributed by atoms with E-state index in [1.807, 2.05) is 42.2 Å². The van der Waals surface area contributed by atoms with Crippen molar-refractivity contribution in [1.29, 1.82) is 0 Å². The molecule has 0 radical (unpaired) electrons. The summed E-state index contributed by atoms with van der Waals surface area (Å²) in [6, 6.07) is 5.81. The van der Waals surface area contributed by atoms with Gasteiger partial charge in [0, 0.05) is 11.2 Å². The molecule has 0 unspecified atom stereocenters. The van der Waals surface area contributed by atoms with Crippen LogP contribution < -0.4 is 5.73 Å². The number of hydrogen-bond acceptors (Lipinski definition) is 2. The molecule has 0 bridgehead atoms. The predicted molar refractivity (Wildman–Crippen MR) is 66.1 cm³/mol. The lowest BCUT2D eigenvalue weighted by Gasteiger charge is -2.06. The van der Waals surface area contributed by atoms with E-state index in [-0.39, 0.29) is 0 Å². The Bertz CT molecular complexity index is 491. The molecule has 1 aromatic carbocycles. The van der Waals surface area contributed by atoms with Gasteiger partial charge in [-0.3, -0.25) is 0 Å². The van der Waals surface area contributed by atoms with Gasteiger partial charge in [-0.2, -0.15) is 5.10 Å². The van der Waals surface area contributed by atoms with Crippen LogP contribution in [0.1, 0.15) is 11.1 Å². The minimum Gasteiger partial charge on any atom is -0.330 e. The van der Waals surface area contributed by atoms with Crippen molar-refractivity contribution in [2.75, 3.05) is 6.54 Å². The van der Waals surface area contributed by atoms with E-state index >= 15 is 0 Å². The first kappa shape index (κ1) is 11.2. The van der Waals surface area contributed by atoms with Gasteiger partial charge in [-0.25, -0.2) is 4.68 Å². The zero-order valence-electron chi connectivity index (χ0n) is 9.15. The second-order valence-corrected chi connectivity index (χ2v) is 4.12. The molecule has 16 heavy (non-hydrogen) atoms. The van der Waals surface area contributed by atoms with E-state index < -0.39 is 0 Å². The minimum absolute atomic E-state index is 0.639. The Kier molecular flexibility index (Phi) is 3.27. The predicted octanol–water partition coefficient (Wildman–Crippen LogP) is 2.34. The van der Waals surface area contributed by atoms with Crippen LogP contribution in [-0.2, 0) is 6.42 Å². The van der Waals surface area contributed by atoms with Gasteiger partial charge in [-0.1, -0.05) is 17.7 Å². The lowest BCUT2D eigenvalue weighted by atomic mass is 10.2. The number of benzene rings is 1. The molecule has 0 atom stereocenters. The lowest BCUT2D eigenvalue weighted by molar-refractivity contribution is 0.871. The highest BCUT2D eigenvalue weighted by Crippen LogP contribution is 2.21. The van der Waals surface area contributed by atoms with Crippen molar-refractivity contribution in [3.63, 3.8) is 0 Å². The summed E-state index contributed by atoms with van der Waals surface area (Å²) < 4.78 is 1.84. The standard InChI is InChI=1S/C12H14ClN3/c1-9-11(13)3-2-4-12(9)16-8-10(5-6-14)7-15-16/h2-4,7-8H,5-6,14H2,1H3. The fourth-order valence-corrected chi connectivity index (χ4v) is 1.80. The molecule has 0 amide bonds. The number of hydrogen-bond donors (Lipinski definition) is 1. The van der Waals surface area contributed by atoms with Crippen LogP contribution >= 0.6 is 11.6 Å². The molecule has 1 aromatic heterocycles. The molecule has 0 saturated heterocycles. The maximum Gasteiger partial charge on any atom is 0.0689 e. The van der Waals surface area contributed by atoms with Gasteiger partial charge >= 0.3 is 0 Å². The van der Waals surface area contributed by atoms with E-state index in [0.29, 0.717) is 6.54 Å². The Morgan fingerprint density at radius 3 is 3.00 bits per heavy atom. The van der Waals surface area contributed by atoms with E-state index in [1.54, 1.807) is 0 Å². The molecule has 3 nitrogen and oxygen atoms in total. The molecule has 2 aromatic rings. The van der Waals surface area contributed by atoms with Crippen LogP contribution in [0, 0.1) is 6.92 Å². The van der Waals surface area contributed by atoms with Crippen molar-refractivity contribution in [3.05, 3.63) is 46.7 Å². The third-order valence-corrected chi connectivity index (χ3v) is 2.96. The van der Waals surface area contributed by atoms with Crippen LogP contribution in [0.25, 0.3) is 5.69 Å². The summed E-state index contributed by atoms with van der Waals surface area (Å²) in [5.41, 5.74) is 8.69. The number of halogens is 1. The van der Waals surface area contributed by atoms with Crippen LogP contribution in [0.5, 0.6) is 0 Å². The Morgan fingerprint density at radius 1 is 1.44 bits per heavy atom. The van der Waals surface area contributed by atoms with E-state index in [9.17, 15) is 0 Å².